The molecule has 1 aromatic carbocycles. The maximum Gasteiger partial charge on any atom is 0.309 e. The number of hydrogen-bond acceptors (Lipinski definition) is 5. The molecule has 2 bridgehead atoms. The zero-order valence-corrected chi connectivity index (χ0v) is 29.3. The van der Waals surface area contributed by atoms with E-state index in [1.165, 1.54) is 0 Å². The normalized spacial score (nSPS) is 54.2. The number of fused-ring (bicyclic) bond motifs is 7. The Morgan fingerprint density at radius 3 is 2.15 bits per heavy atom. The molecule has 4 N–H and O–H groups in total. The summed E-state index contributed by atoms with van der Waals surface area (Å²) in [5.74, 6) is -1.64. The summed E-state index contributed by atoms with van der Waals surface area (Å²) >= 11 is 0. The minimum Gasteiger partial charge on any atom is -0.481 e. The highest BCUT2D eigenvalue weighted by Gasteiger charge is 2.83. The smallest absolute Gasteiger partial charge is 0.309 e. The third kappa shape index (κ3) is 3.77. The summed E-state index contributed by atoms with van der Waals surface area (Å²) in [6, 6.07) is 10.4. The van der Waals surface area contributed by atoms with Crippen molar-refractivity contribution in [3.63, 3.8) is 0 Å². The third-order valence-electron chi connectivity index (χ3n) is 17.2. The summed E-state index contributed by atoms with van der Waals surface area (Å²) in [5.41, 5.74) is -1.26. The van der Waals surface area contributed by atoms with Gasteiger partial charge in [-0.3, -0.25) is 4.79 Å². The fourth-order valence-electron chi connectivity index (χ4n) is 14.6. The molecule has 6 nitrogen and oxygen atoms in total. The van der Waals surface area contributed by atoms with Gasteiger partial charge < -0.3 is 25.2 Å². The first-order valence-corrected chi connectivity index (χ1v) is 18.5. The molecule has 5 saturated carbocycles. The van der Waals surface area contributed by atoms with Crippen molar-refractivity contribution in [3.8, 4) is 0 Å². The fraction of sp³-hybridized carbons (Fsp3) is 0.825. The molecule has 1 aliphatic heterocycles. The van der Waals surface area contributed by atoms with Gasteiger partial charge in [0.1, 0.15) is 0 Å². The SMILES string of the molecule is CCC[C@@H]1[C@@]23CC[C@H]4[C@@](C)(CC[C@@]5(C)[C@@H]6C[C@](C)(C(=O)O)CC[C@]6(C)CC[C@]45C)[C@]2(CO)[C@@H](O)C[C@]1(O)O[C@H]3Cc1ccccc1. The van der Waals surface area contributed by atoms with Crippen LogP contribution in [0.4, 0.5) is 0 Å². The molecule has 6 fully saturated rings. The quantitative estimate of drug-likeness (QED) is 0.260. The molecule has 0 radical (unpaired) electrons. The molecule has 13 atom stereocenters. The van der Waals surface area contributed by atoms with E-state index in [4.69, 9.17) is 4.74 Å². The summed E-state index contributed by atoms with van der Waals surface area (Å²) in [4.78, 5) is 12.6. The second kappa shape index (κ2) is 10.3. The minimum absolute atomic E-state index is 0.0404. The molecular formula is C40H60O6. The van der Waals surface area contributed by atoms with Crippen LogP contribution in [0.1, 0.15) is 124 Å². The Morgan fingerprint density at radius 1 is 0.870 bits per heavy atom. The number of ether oxygens (including phenoxy) is 1. The number of benzene rings is 1. The number of carboxylic acid groups (broad SMARTS) is 1. The molecule has 256 valence electrons. The molecule has 1 heterocycles. The molecule has 1 saturated heterocycles. The summed E-state index contributed by atoms with van der Waals surface area (Å²) in [6.45, 7) is 13.9. The second-order valence-electron chi connectivity index (χ2n) is 18.5. The maximum atomic E-state index is 12.6. The second-order valence-corrected chi connectivity index (χ2v) is 18.5. The fourth-order valence-corrected chi connectivity index (χ4v) is 14.6. The van der Waals surface area contributed by atoms with E-state index >= 15 is 0 Å². The number of carboxylic acids is 1. The number of rotatable bonds is 6. The van der Waals surface area contributed by atoms with Gasteiger partial charge in [-0.2, -0.15) is 0 Å². The third-order valence-corrected chi connectivity index (χ3v) is 17.2. The van der Waals surface area contributed by atoms with Crippen molar-refractivity contribution in [1.82, 2.24) is 0 Å². The molecule has 7 rings (SSSR count). The Hall–Kier alpha value is -1.47. The Labute approximate surface area is 276 Å². The maximum absolute atomic E-state index is 12.6. The van der Waals surface area contributed by atoms with Crippen LogP contribution in [0.2, 0.25) is 0 Å². The molecule has 1 aromatic rings. The molecular weight excluding hydrogens is 576 g/mol. The van der Waals surface area contributed by atoms with E-state index in [1.54, 1.807) is 0 Å². The van der Waals surface area contributed by atoms with Crippen molar-refractivity contribution in [1.29, 1.82) is 0 Å². The van der Waals surface area contributed by atoms with E-state index in [0.29, 0.717) is 12.3 Å². The molecule has 1 spiro atoms. The van der Waals surface area contributed by atoms with Crippen molar-refractivity contribution in [2.24, 2.45) is 55.7 Å². The summed E-state index contributed by atoms with van der Waals surface area (Å²) in [7, 11) is 0. The lowest BCUT2D eigenvalue weighted by Gasteiger charge is -2.78. The van der Waals surface area contributed by atoms with Gasteiger partial charge in [0.25, 0.3) is 0 Å². The largest absolute Gasteiger partial charge is 0.481 e. The zero-order chi connectivity index (χ0) is 33.2. The van der Waals surface area contributed by atoms with Gasteiger partial charge in [-0.05, 0) is 117 Å². The number of aliphatic hydroxyl groups excluding tert-OH is 2. The number of aliphatic hydroxyl groups is 3. The molecule has 46 heavy (non-hydrogen) atoms. The summed E-state index contributed by atoms with van der Waals surface area (Å²) in [6.07, 6.45) is 9.60. The van der Waals surface area contributed by atoms with E-state index in [2.05, 4.69) is 58.9 Å². The number of aliphatic carboxylic acids is 1. The highest BCUT2D eigenvalue weighted by molar-refractivity contribution is 5.74. The zero-order valence-electron chi connectivity index (χ0n) is 29.3. The van der Waals surface area contributed by atoms with Crippen LogP contribution >= 0.6 is 0 Å². The van der Waals surface area contributed by atoms with Gasteiger partial charge in [-0.1, -0.05) is 71.4 Å². The molecule has 5 aliphatic carbocycles. The average Bonchev–Trinajstić information content (AvgIpc) is 3.17. The van der Waals surface area contributed by atoms with Crippen molar-refractivity contribution in [2.45, 2.75) is 143 Å². The van der Waals surface area contributed by atoms with Gasteiger partial charge in [0, 0.05) is 23.2 Å². The molecule has 6 aliphatic rings. The van der Waals surface area contributed by atoms with Gasteiger partial charge in [-0.25, -0.2) is 0 Å². The van der Waals surface area contributed by atoms with Crippen LogP contribution < -0.4 is 0 Å². The lowest BCUT2D eigenvalue weighted by molar-refractivity contribution is -0.336. The van der Waals surface area contributed by atoms with Crippen LogP contribution in [0, 0.1) is 55.7 Å². The number of hydrogen-bond donors (Lipinski definition) is 4. The van der Waals surface area contributed by atoms with Crippen molar-refractivity contribution in [3.05, 3.63) is 35.9 Å². The van der Waals surface area contributed by atoms with E-state index < -0.39 is 34.1 Å². The molecule has 0 unspecified atom stereocenters. The first kappa shape index (κ1) is 33.0. The Balaban J connectivity index is 1.36. The standard InChI is InChI=1S/C40H60O6/c1-7-11-28-38-15-14-27-35(4)19-18-33(2)16-17-34(3,32(43)44)23-29(33)36(35,5)20-21-37(27,6)39(38,25-41)30(42)24-40(28,45)46-31(38)22-26-12-9-8-10-13-26/h8-10,12-13,27-31,41-42,45H,7,11,14-25H2,1-6H3,(H,43,44)/t27-,28-,29-,30+,31+,33-,34-,35-,36+,37-,38-,39+,40+/m1/s1. The van der Waals surface area contributed by atoms with E-state index in [-0.39, 0.29) is 52.6 Å². The average molecular weight is 637 g/mol. The van der Waals surface area contributed by atoms with Crippen LogP contribution in [-0.4, -0.2) is 51.0 Å². The van der Waals surface area contributed by atoms with Gasteiger partial charge >= 0.3 is 5.97 Å². The highest BCUT2D eigenvalue weighted by Crippen LogP contribution is 2.83. The van der Waals surface area contributed by atoms with Crippen LogP contribution in [-0.2, 0) is 16.0 Å². The predicted octanol–water partition coefficient (Wildman–Crippen LogP) is 7.38. The van der Waals surface area contributed by atoms with Crippen LogP contribution in [0.3, 0.4) is 0 Å². The van der Waals surface area contributed by atoms with Gasteiger partial charge in [0.2, 0.25) is 0 Å². The summed E-state index contributed by atoms with van der Waals surface area (Å²) < 4.78 is 6.83. The lowest BCUT2D eigenvalue weighted by Crippen LogP contribution is -2.77. The molecule has 6 heteroatoms. The highest BCUT2D eigenvalue weighted by atomic mass is 16.6. The molecule has 0 amide bonds. The van der Waals surface area contributed by atoms with Crippen molar-refractivity contribution < 1.29 is 30.0 Å². The predicted molar refractivity (Wildman–Crippen MR) is 178 cm³/mol. The minimum atomic E-state index is -1.40. The van der Waals surface area contributed by atoms with E-state index in [0.717, 1.165) is 76.2 Å². The van der Waals surface area contributed by atoms with Gasteiger partial charge in [-0.15, -0.1) is 0 Å². The summed E-state index contributed by atoms with van der Waals surface area (Å²) in [5, 5.41) is 47.1. The van der Waals surface area contributed by atoms with Crippen LogP contribution in [0.25, 0.3) is 0 Å². The van der Waals surface area contributed by atoms with Crippen molar-refractivity contribution in [2.75, 3.05) is 6.61 Å². The monoisotopic (exact) mass is 636 g/mol. The Morgan fingerprint density at radius 2 is 1.50 bits per heavy atom. The van der Waals surface area contributed by atoms with Crippen LogP contribution in [0.15, 0.2) is 30.3 Å². The Kier molecular flexibility index (Phi) is 7.38. The first-order chi connectivity index (χ1) is 21.6. The van der Waals surface area contributed by atoms with Crippen LogP contribution in [0.5, 0.6) is 0 Å². The first-order valence-electron chi connectivity index (χ1n) is 18.5. The van der Waals surface area contributed by atoms with E-state index in [1.807, 2.05) is 13.0 Å². The van der Waals surface area contributed by atoms with Gasteiger partial charge in [0.15, 0.2) is 5.79 Å². The van der Waals surface area contributed by atoms with Gasteiger partial charge in [0.05, 0.1) is 24.2 Å². The number of carbonyl (C=O) groups is 1. The van der Waals surface area contributed by atoms with E-state index in [9.17, 15) is 25.2 Å². The Bertz CT molecular complexity index is 1370. The lowest BCUT2D eigenvalue weighted by atomic mass is 9.26. The van der Waals surface area contributed by atoms with Crippen molar-refractivity contribution >= 4 is 5.97 Å². The topological polar surface area (TPSA) is 107 Å². The molecule has 0 aromatic heterocycles.